The smallest absolute Gasteiger partial charge is 0.276 e. The van der Waals surface area contributed by atoms with Crippen molar-refractivity contribution in [3.05, 3.63) is 40.8 Å². The molecule has 0 bridgehead atoms. The van der Waals surface area contributed by atoms with Gasteiger partial charge in [0.05, 0.1) is 6.42 Å². The number of hydrogen-bond acceptors (Lipinski definition) is 4. The van der Waals surface area contributed by atoms with Crippen molar-refractivity contribution in [1.29, 1.82) is 0 Å². The van der Waals surface area contributed by atoms with Gasteiger partial charge in [-0.2, -0.15) is 0 Å². The number of nitrogens with zero attached hydrogens (tertiary/aromatic N) is 2. The van der Waals surface area contributed by atoms with E-state index >= 15 is 0 Å². The van der Waals surface area contributed by atoms with Crippen molar-refractivity contribution in [2.45, 2.75) is 25.5 Å². The minimum Gasteiger partial charge on any atom is -0.416 e. The second-order valence-electron chi connectivity index (χ2n) is 3.76. The van der Waals surface area contributed by atoms with Gasteiger partial charge in [0.1, 0.15) is 0 Å². The lowest BCUT2D eigenvalue weighted by molar-refractivity contribution is 0.421. The van der Waals surface area contributed by atoms with Crippen LogP contribution in [0.25, 0.3) is 0 Å². The highest BCUT2D eigenvalue weighted by molar-refractivity contribution is 7.98. The molecule has 0 fully saturated rings. The van der Waals surface area contributed by atoms with Gasteiger partial charge in [0.2, 0.25) is 5.89 Å². The van der Waals surface area contributed by atoms with Crippen molar-refractivity contribution in [2.24, 2.45) is 0 Å². The van der Waals surface area contributed by atoms with Crippen LogP contribution >= 0.6 is 11.8 Å². The monoisotopic (exact) mass is 234 g/mol. The molecule has 16 heavy (non-hydrogen) atoms. The summed E-state index contributed by atoms with van der Waals surface area (Å²) in [6, 6.07) is 6.39. The molecule has 1 aromatic carbocycles. The van der Waals surface area contributed by atoms with E-state index in [0.29, 0.717) is 17.5 Å². The van der Waals surface area contributed by atoms with Crippen LogP contribution < -0.4 is 0 Å². The molecule has 0 amide bonds. The molecule has 0 aliphatic rings. The van der Waals surface area contributed by atoms with Crippen molar-refractivity contribution in [3.63, 3.8) is 0 Å². The number of aryl methyl sites for hydroxylation is 2. The van der Waals surface area contributed by atoms with E-state index in [0.717, 1.165) is 0 Å². The predicted octanol–water partition coefficient (Wildman–Crippen LogP) is 3.00. The largest absolute Gasteiger partial charge is 0.416 e. The highest BCUT2D eigenvalue weighted by Crippen LogP contribution is 2.16. The second-order valence-corrected chi connectivity index (χ2v) is 4.52. The third-order valence-corrected chi connectivity index (χ3v) is 3.06. The van der Waals surface area contributed by atoms with Crippen LogP contribution in [0.4, 0.5) is 0 Å². The average molecular weight is 234 g/mol. The minimum atomic E-state index is 0.624. The molecule has 0 N–H and O–H groups in total. The Balaban J connectivity index is 2.17. The van der Waals surface area contributed by atoms with Crippen molar-refractivity contribution in [2.75, 3.05) is 6.26 Å². The summed E-state index contributed by atoms with van der Waals surface area (Å²) in [5.74, 6) is 0.674. The SMILES string of the molecule is CSc1nnc(Cc2ccc(C)c(C)c2)o1. The van der Waals surface area contributed by atoms with Crippen molar-refractivity contribution < 1.29 is 4.42 Å². The molecule has 0 aliphatic heterocycles. The first-order valence-corrected chi connectivity index (χ1v) is 6.34. The maximum atomic E-state index is 5.45. The predicted molar refractivity (Wildman–Crippen MR) is 64.8 cm³/mol. The summed E-state index contributed by atoms with van der Waals surface area (Å²) >= 11 is 1.47. The van der Waals surface area contributed by atoms with Gasteiger partial charge in [-0.1, -0.05) is 30.0 Å². The van der Waals surface area contributed by atoms with E-state index in [1.54, 1.807) is 0 Å². The molecular weight excluding hydrogens is 220 g/mol. The Morgan fingerprint density at radius 1 is 1.19 bits per heavy atom. The van der Waals surface area contributed by atoms with Crippen LogP contribution in [0.15, 0.2) is 27.8 Å². The first-order chi connectivity index (χ1) is 7.69. The summed E-state index contributed by atoms with van der Waals surface area (Å²) in [7, 11) is 0. The lowest BCUT2D eigenvalue weighted by atomic mass is 10.0. The second kappa shape index (κ2) is 4.70. The Hall–Kier alpha value is -1.29. The van der Waals surface area contributed by atoms with E-state index in [1.165, 1.54) is 28.5 Å². The molecule has 2 aromatic rings. The van der Waals surface area contributed by atoms with Crippen LogP contribution in [-0.4, -0.2) is 16.5 Å². The molecule has 2 rings (SSSR count). The molecule has 84 valence electrons. The Morgan fingerprint density at radius 3 is 2.62 bits per heavy atom. The summed E-state index contributed by atoms with van der Waals surface area (Å²) in [6.07, 6.45) is 2.63. The number of rotatable bonds is 3. The van der Waals surface area contributed by atoms with Gasteiger partial charge in [-0.05, 0) is 36.8 Å². The van der Waals surface area contributed by atoms with Crippen LogP contribution in [0.1, 0.15) is 22.6 Å². The first kappa shape index (κ1) is 11.2. The van der Waals surface area contributed by atoms with E-state index in [2.05, 4.69) is 42.2 Å². The van der Waals surface area contributed by atoms with E-state index in [4.69, 9.17) is 4.42 Å². The van der Waals surface area contributed by atoms with Crippen molar-refractivity contribution in [1.82, 2.24) is 10.2 Å². The van der Waals surface area contributed by atoms with E-state index in [9.17, 15) is 0 Å². The quantitative estimate of drug-likeness (QED) is 0.765. The minimum absolute atomic E-state index is 0.624. The van der Waals surface area contributed by atoms with Crippen LogP contribution in [0.2, 0.25) is 0 Å². The molecular formula is C12H14N2OS. The fourth-order valence-corrected chi connectivity index (χ4v) is 1.78. The summed E-state index contributed by atoms with van der Waals surface area (Å²) in [4.78, 5) is 0. The van der Waals surface area contributed by atoms with Gasteiger partial charge in [-0.15, -0.1) is 10.2 Å². The normalized spacial score (nSPS) is 10.7. The van der Waals surface area contributed by atoms with Gasteiger partial charge in [-0.3, -0.25) is 0 Å². The van der Waals surface area contributed by atoms with Gasteiger partial charge < -0.3 is 4.42 Å². The van der Waals surface area contributed by atoms with E-state index < -0.39 is 0 Å². The Bertz CT molecular complexity index is 494. The first-order valence-electron chi connectivity index (χ1n) is 5.11. The highest BCUT2D eigenvalue weighted by atomic mass is 32.2. The molecule has 3 nitrogen and oxygen atoms in total. The fraction of sp³-hybridized carbons (Fsp3) is 0.333. The van der Waals surface area contributed by atoms with Crippen molar-refractivity contribution in [3.8, 4) is 0 Å². The van der Waals surface area contributed by atoms with Crippen molar-refractivity contribution >= 4 is 11.8 Å². The zero-order chi connectivity index (χ0) is 11.5. The number of aromatic nitrogens is 2. The third kappa shape index (κ3) is 2.44. The van der Waals surface area contributed by atoms with Gasteiger partial charge in [0, 0.05) is 0 Å². The van der Waals surface area contributed by atoms with Gasteiger partial charge in [0.25, 0.3) is 5.22 Å². The van der Waals surface area contributed by atoms with Crippen LogP contribution in [0, 0.1) is 13.8 Å². The topological polar surface area (TPSA) is 38.9 Å². The molecule has 0 saturated carbocycles. The molecule has 0 atom stereocenters. The average Bonchev–Trinajstić information content (AvgIpc) is 2.71. The van der Waals surface area contributed by atoms with Crippen LogP contribution in [0.5, 0.6) is 0 Å². The summed E-state index contributed by atoms with van der Waals surface area (Å²) in [5.41, 5.74) is 3.81. The Labute approximate surface area is 99.3 Å². The molecule has 1 heterocycles. The molecule has 0 radical (unpaired) electrons. The highest BCUT2D eigenvalue weighted by Gasteiger charge is 2.06. The molecule has 0 unspecified atom stereocenters. The molecule has 0 saturated heterocycles. The zero-order valence-corrected chi connectivity index (χ0v) is 10.5. The molecule has 1 aromatic heterocycles. The van der Waals surface area contributed by atoms with Crippen LogP contribution in [0.3, 0.4) is 0 Å². The number of thioether (sulfide) groups is 1. The summed E-state index contributed by atoms with van der Waals surface area (Å²) < 4.78 is 5.45. The molecule has 4 heteroatoms. The lowest BCUT2D eigenvalue weighted by Crippen LogP contribution is -1.90. The standard InChI is InChI=1S/C12H14N2OS/c1-8-4-5-10(6-9(8)2)7-11-13-14-12(15-11)16-3/h4-6H,7H2,1-3H3. The molecule has 0 aliphatic carbocycles. The van der Waals surface area contributed by atoms with Gasteiger partial charge in [0.15, 0.2) is 0 Å². The number of hydrogen-bond donors (Lipinski definition) is 0. The summed E-state index contributed by atoms with van der Waals surface area (Å²) in [5, 5.41) is 8.54. The van der Waals surface area contributed by atoms with Crippen LogP contribution in [-0.2, 0) is 6.42 Å². The maximum absolute atomic E-state index is 5.45. The molecule has 0 spiro atoms. The Kier molecular flexibility index (Phi) is 3.29. The Morgan fingerprint density at radius 2 is 2.00 bits per heavy atom. The fourth-order valence-electron chi connectivity index (χ4n) is 1.48. The summed E-state index contributed by atoms with van der Waals surface area (Å²) in [6.45, 7) is 4.22. The number of benzene rings is 1. The van der Waals surface area contributed by atoms with E-state index in [-0.39, 0.29) is 0 Å². The van der Waals surface area contributed by atoms with Gasteiger partial charge in [-0.25, -0.2) is 0 Å². The lowest BCUT2D eigenvalue weighted by Gasteiger charge is -2.02. The third-order valence-electron chi connectivity index (χ3n) is 2.55. The zero-order valence-electron chi connectivity index (χ0n) is 9.65. The maximum Gasteiger partial charge on any atom is 0.276 e. The van der Waals surface area contributed by atoms with Gasteiger partial charge >= 0.3 is 0 Å². The van der Waals surface area contributed by atoms with E-state index in [1.807, 2.05) is 6.26 Å².